The quantitative estimate of drug-likeness (QED) is 0.679. The summed E-state index contributed by atoms with van der Waals surface area (Å²) in [6.07, 6.45) is 9.94. The maximum atomic E-state index is 3.20. The summed E-state index contributed by atoms with van der Waals surface area (Å²) in [6, 6.07) is 10.9. The third-order valence-corrected chi connectivity index (χ3v) is 1.84. The molecule has 0 spiro atoms. The van der Waals surface area contributed by atoms with Gasteiger partial charge in [-0.05, 0) is 29.8 Å². The molecule has 1 heterocycles. The predicted octanol–water partition coefficient (Wildman–Crippen LogP) is 2.50. The Morgan fingerprint density at radius 3 is 3.00 bits per heavy atom. The lowest BCUT2D eigenvalue weighted by atomic mass is 10.1. The van der Waals surface area contributed by atoms with Crippen LogP contribution in [0.15, 0.2) is 54.8 Å². The standard InChI is InChI=1S/C12H10N/c1-3-7-11(8-4-1)12-9-5-2-6-10-13-12/h1-3,5-10,13H. The minimum Gasteiger partial charge on any atom is -0.361 e. The summed E-state index contributed by atoms with van der Waals surface area (Å²) in [5.74, 6) is 0. The topological polar surface area (TPSA) is 12.0 Å². The molecule has 1 heteroatoms. The number of nitrogens with one attached hydrogen (secondary N) is 1. The Hall–Kier alpha value is -1.76. The van der Waals surface area contributed by atoms with Crippen molar-refractivity contribution in [2.45, 2.75) is 0 Å². The fourth-order valence-corrected chi connectivity index (χ4v) is 1.20. The van der Waals surface area contributed by atoms with Crippen molar-refractivity contribution in [3.63, 3.8) is 0 Å². The highest BCUT2D eigenvalue weighted by Gasteiger charge is 1.97. The first-order valence-corrected chi connectivity index (χ1v) is 4.23. The van der Waals surface area contributed by atoms with Gasteiger partial charge in [0.15, 0.2) is 0 Å². The van der Waals surface area contributed by atoms with Gasteiger partial charge in [0.25, 0.3) is 0 Å². The highest BCUT2D eigenvalue weighted by Crippen LogP contribution is 2.11. The average Bonchev–Trinajstić information content (AvgIpc) is 2.47. The van der Waals surface area contributed by atoms with E-state index < -0.39 is 0 Å². The molecule has 0 amide bonds. The fraction of sp³-hybridized carbons (Fsp3) is 0. The molecule has 0 saturated carbocycles. The van der Waals surface area contributed by atoms with E-state index in [4.69, 9.17) is 0 Å². The van der Waals surface area contributed by atoms with Crippen LogP contribution in [0.2, 0.25) is 0 Å². The van der Waals surface area contributed by atoms with Gasteiger partial charge in [0.05, 0.1) is 0 Å². The summed E-state index contributed by atoms with van der Waals surface area (Å²) in [5, 5.41) is 3.20. The Morgan fingerprint density at radius 1 is 1.15 bits per heavy atom. The van der Waals surface area contributed by atoms with E-state index in [0.29, 0.717) is 0 Å². The van der Waals surface area contributed by atoms with Crippen molar-refractivity contribution in [3.05, 3.63) is 66.4 Å². The minimum absolute atomic E-state index is 1.10. The molecule has 1 aliphatic heterocycles. The smallest absolute Gasteiger partial charge is 0.0453 e. The number of allylic oxidation sites excluding steroid dienone is 4. The van der Waals surface area contributed by atoms with Gasteiger partial charge >= 0.3 is 0 Å². The number of hydrogen-bond donors (Lipinski definition) is 1. The van der Waals surface area contributed by atoms with Crippen LogP contribution in [0, 0.1) is 6.07 Å². The van der Waals surface area contributed by atoms with Crippen molar-refractivity contribution < 1.29 is 0 Å². The summed E-state index contributed by atoms with van der Waals surface area (Å²) in [7, 11) is 0. The van der Waals surface area contributed by atoms with Crippen LogP contribution in [-0.4, -0.2) is 0 Å². The Morgan fingerprint density at radius 2 is 2.15 bits per heavy atom. The van der Waals surface area contributed by atoms with E-state index in [-0.39, 0.29) is 0 Å². The highest BCUT2D eigenvalue weighted by atomic mass is 14.8. The summed E-state index contributed by atoms with van der Waals surface area (Å²) < 4.78 is 0. The van der Waals surface area contributed by atoms with Crippen molar-refractivity contribution in [2.24, 2.45) is 0 Å². The van der Waals surface area contributed by atoms with Gasteiger partial charge in [0.2, 0.25) is 0 Å². The van der Waals surface area contributed by atoms with Gasteiger partial charge < -0.3 is 5.32 Å². The molecule has 0 unspecified atom stereocenters. The largest absolute Gasteiger partial charge is 0.361 e. The molecule has 13 heavy (non-hydrogen) atoms. The Labute approximate surface area is 78.1 Å². The molecule has 1 aromatic carbocycles. The first kappa shape index (κ1) is 7.87. The number of rotatable bonds is 1. The Kier molecular flexibility index (Phi) is 2.28. The summed E-state index contributed by atoms with van der Waals surface area (Å²) in [6.45, 7) is 0. The van der Waals surface area contributed by atoms with Gasteiger partial charge in [-0.1, -0.05) is 30.4 Å². The van der Waals surface area contributed by atoms with Gasteiger partial charge in [-0.25, -0.2) is 0 Å². The second-order valence-electron chi connectivity index (χ2n) is 2.76. The maximum Gasteiger partial charge on any atom is 0.0453 e. The van der Waals surface area contributed by atoms with Crippen molar-refractivity contribution in [1.82, 2.24) is 5.32 Å². The molecule has 1 radical (unpaired) electrons. The van der Waals surface area contributed by atoms with Gasteiger partial charge in [-0.2, -0.15) is 0 Å². The average molecular weight is 168 g/mol. The molecule has 0 bridgehead atoms. The van der Waals surface area contributed by atoms with E-state index in [9.17, 15) is 0 Å². The fourth-order valence-electron chi connectivity index (χ4n) is 1.20. The summed E-state index contributed by atoms with van der Waals surface area (Å²) >= 11 is 0. The van der Waals surface area contributed by atoms with Gasteiger partial charge in [-0.15, -0.1) is 0 Å². The van der Waals surface area contributed by atoms with E-state index in [0.717, 1.165) is 11.3 Å². The molecular formula is C12H10N. The van der Waals surface area contributed by atoms with Crippen molar-refractivity contribution >= 4 is 5.70 Å². The van der Waals surface area contributed by atoms with E-state index in [1.165, 1.54) is 0 Å². The zero-order valence-electron chi connectivity index (χ0n) is 7.20. The SMILES string of the molecule is [c]1cccc(C2=CC=CC=CN2)c1. The Balaban J connectivity index is 2.32. The molecule has 1 N–H and O–H groups in total. The highest BCUT2D eigenvalue weighted by molar-refractivity contribution is 5.66. The minimum atomic E-state index is 1.10. The van der Waals surface area contributed by atoms with Crippen LogP contribution < -0.4 is 5.32 Å². The molecule has 1 aliphatic rings. The van der Waals surface area contributed by atoms with E-state index in [2.05, 4.69) is 17.4 Å². The van der Waals surface area contributed by atoms with Crippen LogP contribution in [0.1, 0.15) is 5.56 Å². The molecule has 63 valence electrons. The molecule has 1 nitrogen and oxygen atoms in total. The van der Waals surface area contributed by atoms with Crippen LogP contribution in [0.3, 0.4) is 0 Å². The lowest BCUT2D eigenvalue weighted by Gasteiger charge is -2.04. The maximum absolute atomic E-state index is 3.20. The molecule has 0 fully saturated rings. The molecule has 1 aromatic rings. The van der Waals surface area contributed by atoms with Crippen LogP contribution in [0.25, 0.3) is 5.70 Å². The van der Waals surface area contributed by atoms with Crippen molar-refractivity contribution in [3.8, 4) is 0 Å². The van der Waals surface area contributed by atoms with Crippen LogP contribution in [0.4, 0.5) is 0 Å². The van der Waals surface area contributed by atoms with Crippen molar-refractivity contribution in [1.29, 1.82) is 0 Å². The van der Waals surface area contributed by atoms with Gasteiger partial charge in [0, 0.05) is 11.9 Å². The molecule has 0 atom stereocenters. The molecule has 0 aromatic heterocycles. The second-order valence-corrected chi connectivity index (χ2v) is 2.76. The van der Waals surface area contributed by atoms with Gasteiger partial charge in [0.1, 0.15) is 0 Å². The van der Waals surface area contributed by atoms with Crippen LogP contribution >= 0.6 is 0 Å². The lowest BCUT2D eigenvalue weighted by Crippen LogP contribution is -2.02. The van der Waals surface area contributed by atoms with Crippen LogP contribution in [0.5, 0.6) is 0 Å². The molecular weight excluding hydrogens is 158 g/mol. The Bertz CT molecular complexity index is 358. The van der Waals surface area contributed by atoms with E-state index >= 15 is 0 Å². The number of benzene rings is 1. The molecule has 0 saturated heterocycles. The number of hydrogen-bond acceptors (Lipinski definition) is 1. The summed E-state index contributed by atoms with van der Waals surface area (Å²) in [4.78, 5) is 0. The first-order valence-electron chi connectivity index (χ1n) is 4.23. The van der Waals surface area contributed by atoms with Crippen molar-refractivity contribution in [2.75, 3.05) is 0 Å². The second kappa shape index (κ2) is 3.76. The predicted molar refractivity (Wildman–Crippen MR) is 54.7 cm³/mol. The van der Waals surface area contributed by atoms with E-state index in [1.807, 2.05) is 48.7 Å². The molecule has 0 aliphatic carbocycles. The zero-order valence-corrected chi connectivity index (χ0v) is 7.20. The monoisotopic (exact) mass is 168 g/mol. The summed E-state index contributed by atoms with van der Waals surface area (Å²) in [5.41, 5.74) is 2.25. The van der Waals surface area contributed by atoms with Crippen LogP contribution in [-0.2, 0) is 0 Å². The molecule has 2 rings (SSSR count). The first-order chi connectivity index (χ1) is 6.47. The normalized spacial score (nSPS) is 14.6. The zero-order chi connectivity index (χ0) is 8.93. The lowest BCUT2D eigenvalue weighted by molar-refractivity contribution is 1.22. The van der Waals surface area contributed by atoms with Gasteiger partial charge in [-0.3, -0.25) is 0 Å². The third kappa shape index (κ3) is 1.88. The van der Waals surface area contributed by atoms with E-state index in [1.54, 1.807) is 0 Å². The third-order valence-electron chi connectivity index (χ3n) is 1.84.